The molecule has 0 bridgehead atoms. The number of anilines is 1. The molecule has 25 heavy (non-hydrogen) atoms. The molecule has 3 rings (SSSR count). The van der Waals surface area contributed by atoms with Gasteiger partial charge in [0.25, 0.3) is 11.5 Å². The highest BCUT2D eigenvalue weighted by Gasteiger charge is 2.11. The zero-order valence-corrected chi connectivity index (χ0v) is 13.4. The second kappa shape index (κ2) is 7.55. The summed E-state index contributed by atoms with van der Waals surface area (Å²) < 4.78 is 1.19. The SMILES string of the molecule is O=C(Nc1ccc(CCO)cc1)c1ccc(=O)n(-c2ccccc2)n1. The van der Waals surface area contributed by atoms with Crippen LogP contribution in [-0.4, -0.2) is 27.4 Å². The highest BCUT2D eigenvalue weighted by molar-refractivity contribution is 6.02. The van der Waals surface area contributed by atoms with Crippen molar-refractivity contribution in [1.29, 1.82) is 0 Å². The molecule has 0 fully saturated rings. The van der Waals surface area contributed by atoms with Crippen molar-refractivity contribution in [2.45, 2.75) is 6.42 Å². The average Bonchev–Trinajstić information content (AvgIpc) is 2.64. The molecule has 0 atom stereocenters. The smallest absolute Gasteiger partial charge is 0.276 e. The number of benzene rings is 2. The van der Waals surface area contributed by atoms with Crippen LogP contribution < -0.4 is 10.9 Å². The molecule has 2 aromatic carbocycles. The topological polar surface area (TPSA) is 84.2 Å². The molecule has 3 aromatic rings. The van der Waals surface area contributed by atoms with E-state index >= 15 is 0 Å². The van der Waals surface area contributed by atoms with E-state index in [0.717, 1.165) is 5.56 Å². The van der Waals surface area contributed by atoms with Crippen LogP contribution in [0.15, 0.2) is 71.5 Å². The van der Waals surface area contributed by atoms with Gasteiger partial charge in [0.15, 0.2) is 0 Å². The van der Waals surface area contributed by atoms with Crippen LogP contribution in [0.25, 0.3) is 5.69 Å². The largest absolute Gasteiger partial charge is 0.396 e. The van der Waals surface area contributed by atoms with Gasteiger partial charge >= 0.3 is 0 Å². The highest BCUT2D eigenvalue weighted by atomic mass is 16.3. The Kier molecular flexibility index (Phi) is 5.01. The van der Waals surface area contributed by atoms with Crippen LogP contribution in [0.1, 0.15) is 16.1 Å². The Balaban J connectivity index is 1.82. The normalized spacial score (nSPS) is 10.4. The van der Waals surface area contributed by atoms with Crippen molar-refractivity contribution in [3.8, 4) is 5.69 Å². The summed E-state index contributed by atoms with van der Waals surface area (Å²) in [6.07, 6.45) is 0.567. The number of nitrogens with one attached hydrogen (secondary N) is 1. The molecule has 0 saturated carbocycles. The Morgan fingerprint density at radius 3 is 2.40 bits per heavy atom. The van der Waals surface area contributed by atoms with Gasteiger partial charge in [-0.3, -0.25) is 9.59 Å². The summed E-state index contributed by atoms with van der Waals surface area (Å²) in [4.78, 5) is 24.4. The van der Waals surface area contributed by atoms with E-state index in [4.69, 9.17) is 5.11 Å². The van der Waals surface area contributed by atoms with Gasteiger partial charge in [-0.2, -0.15) is 9.78 Å². The van der Waals surface area contributed by atoms with Crippen molar-refractivity contribution in [3.05, 3.63) is 88.3 Å². The molecule has 0 saturated heterocycles. The average molecular weight is 335 g/mol. The van der Waals surface area contributed by atoms with Crippen molar-refractivity contribution < 1.29 is 9.90 Å². The number of rotatable bonds is 5. The molecule has 1 heterocycles. The van der Waals surface area contributed by atoms with Crippen molar-refractivity contribution in [1.82, 2.24) is 9.78 Å². The zero-order valence-electron chi connectivity index (χ0n) is 13.4. The van der Waals surface area contributed by atoms with E-state index in [9.17, 15) is 9.59 Å². The number of aliphatic hydroxyl groups is 1. The van der Waals surface area contributed by atoms with Crippen LogP contribution >= 0.6 is 0 Å². The Labute approximate surface area is 144 Å². The number of hydrogen-bond donors (Lipinski definition) is 2. The molecule has 0 aliphatic carbocycles. The first-order chi connectivity index (χ1) is 12.2. The molecule has 1 aromatic heterocycles. The molecule has 0 radical (unpaired) electrons. The van der Waals surface area contributed by atoms with Crippen molar-refractivity contribution in [2.24, 2.45) is 0 Å². The third-order valence-corrected chi connectivity index (χ3v) is 3.65. The van der Waals surface area contributed by atoms with Gasteiger partial charge in [-0.15, -0.1) is 0 Å². The number of carbonyl (C=O) groups excluding carboxylic acids is 1. The van der Waals surface area contributed by atoms with E-state index in [1.54, 1.807) is 36.4 Å². The number of carbonyl (C=O) groups is 1. The maximum Gasteiger partial charge on any atom is 0.276 e. The molecule has 126 valence electrons. The molecule has 6 heteroatoms. The van der Waals surface area contributed by atoms with E-state index in [0.29, 0.717) is 17.8 Å². The van der Waals surface area contributed by atoms with Crippen LogP contribution in [0, 0.1) is 0 Å². The summed E-state index contributed by atoms with van der Waals surface area (Å²) in [5, 5.41) is 15.8. The van der Waals surface area contributed by atoms with Crippen LogP contribution in [0.4, 0.5) is 5.69 Å². The summed E-state index contributed by atoms with van der Waals surface area (Å²) in [5.41, 5.74) is 2.02. The Morgan fingerprint density at radius 2 is 1.72 bits per heavy atom. The minimum atomic E-state index is -0.403. The second-order valence-corrected chi connectivity index (χ2v) is 5.43. The second-order valence-electron chi connectivity index (χ2n) is 5.43. The van der Waals surface area contributed by atoms with Gasteiger partial charge in [0, 0.05) is 18.4 Å². The number of amides is 1. The lowest BCUT2D eigenvalue weighted by molar-refractivity contribution is 0.102. The van der Waals surface area contributed by atoms with Gasteiger partial charge < -0.3 is 10.4 Å². The van der Waals surface area contributed by atoms with Crippen LogP contribution in [0.5, 0.6) is 0 Å². The maximum absolute atomic E-state index is 12.4. The zero-order chi connectivity index (χ0) is 17.6. The van der Waals surface area contributed by atoms with Gasteiger partial charge in [-0.05, 0) is 42.3 Å². The molecule has 0 unspecified atom stereocenters. The fraction of sp³-hybridized carbons (Fsp3) is 0.105. The standard InChI is InChI=1S/C19H17N3O3/c23-13-12-14-6-8-15(9-7-14)20-19(25)17-10-11-18(24)22(21-17)16-4-2-1-3-5-16/h1-11,23H,12-13H2,(H,20,25). The van der Waals surface area contributed by atoms with Gasteiger partial charge in [0.1, 0.15) is 5.69 Å². The molecular formula is C19H17N3O3. The fourth-order valence-corrected chi connectivity index (χ4v) is 2.37. The lowest BCUT2D eigenvalue weighted by Gasteiger charge is -2.08. The lowest BCUT2D eigenvalue weighted by Crippen LogP contribution is -2.24. The number of aliphatic hydroxyl groups excluding tert-OH is 1. The van der Waals surface area contributed by atoms with E-state index in [2.05, 4.69) is 10.4 Å². The molecule has 6 nitrogen and oxygen atoms in total. The molecule has 0 aliphatic heterocycles. The third kappa shape index (κ3) is 3.99. The predicted octanol–water partition coefficient (Wildman–Crippen LogP) is 2.02. The molecule has 0 aliphatic rings. The van der Waals surface area contributed by atoms with Gasteiger partial charge in [0.05, 0.1) is 5.69 Å². The molecule has 1 amide bonds. The minimum Gasteiger partial charge on any atom is -0.396 e. The number of para-hydroxylation sites is 1. The highest BCUT2D eigenvalue weighted by Crippen LogP contribution is 2.11. The van der Waals surface area contributed by atoms with Crippen molar-refractivity contribution >= 4 is 11.6 Å². The Hall–Kier alpha value is -3.25. The summed E-state index contributed by atoms with van der Waals surface area (Å²) >= 11 is 0. The minimum absolute atomic E-state index is 0.0800. The number of aromatic nitrogens is 2. The Bertz CT molecular complexity index is 919. The predicted molar refractivity (Wildman–Crippen MR) is 95.0 cm³/mol. The monoisotopic (exact) mass is 335 g/mol. The molecular weight excluding hydrogens is 318 g/mol. The lowest BCUT2D eigenvalue weighted by atomic mass is 10.1. The van der Waals surface area contributed by atoms with E-state index in [1.807, 2.05) is 18.2 Å². The summed E-state index contributed by atoms with van der Waals surface area (Å²) in [7, 11) is 0. The summed E-state index contributed by atoms with van der Waals surface area (Å²) in [6.45, 7) is 0.0800. The molecule has 2 N–H and O–H groups in total. The summed E-state index contributed by atoms with van der Waals surface area (Å²) in [6, 6.07) is 18.8. The number of nitrogens with zero attached hydrogens (tertiary/aromatic N) is 2. The first kappa shape index (κ1) is 16.6. The Morgan fingerprint density at radius 1 is 1.00 bits per heavy atom. The van der Waals surface area contributed by atoms with E-state index < -0.39 is 5.91 Å². The van der Waals surface area contributed by atoms with Crippen molar-refractivity contribution in [2.75, 3.05) is 11.9 Å². The van der Waals surface area contributed by atoms with Crippen LogP contribution in [0.2, 0.25) is 0 Å². The van der Waals surface area contributed by atoms with E-state index in [1.165, 1.54) is 16.8 Å². The quantitative estimate of drug-likeness (QED) is 0.747. The number of hydrogen-bond acceptors (Lipinski definition) is 4. The third-order valence-electron chi connectivity index (χ3n) is 3.65. The van der Waals surface area contributed by atoms with E-state index in [-0.39, 0.29) is 17.9 Å². The maximum atomic E-state index is 12.4. The van der Waals surface area contributed by atoms with Gasteiger partial charge in [-0.1, -0.05) is 30.3 Å². The van der Waals surface area contributed by atoms with Crippen LogP contribution in [-0.2, 0) is 6.42 Å². The van der Waals surface area contributed by atoms with Crippen molar-refractivity contribution in [3.63, 3.8) is 0 Å². The van der Waals surface area contributed by atoms with Crippen LogP contribution in [0.3, 0.4) is 0 Å². The van der Waals surface area contributed by atoms with Gasteiger partial charge in [0.2, 0.25) is 0 Å². The first-order valence-corrected chi connectivity index (χ1v) is 7.84. The summed E-state index contributed by atoms with van der Waals surface area (Å²) in [5.74, 6) is -0.403. The van der Waals surface area contributed by atoms with Gasteiger partial charge in [-0.25, -0.2) is 0 Å². The first-order valence-electron chi connectivity index (χ1n) is 7.84. The fourth-order valence-electron chi connectivity index (χ4n) is 2.37. The molecule has 0 spiro atoms.